The van der Waals surface area contributed by atoms with Gasteiger partial charge in [-0.25, -0.2) is 13.4 Å². The minimum atomic E-state index is -3.59. The van der Waals surface area contributed by atoms with Crippen LogP contribution < -0.4 is 4.74 Å². The number of sulfonamides is 1. The van der Waals surface area contributed by atoms with E-state index in [2.05, 4.69) is 10.1 Å². The first-order chi connectivity index (χ1) is 14.4. The molecule has 0 saturated carbocycles. The Hall–Kier alpha value is -2.27. The molecule has 4 rings (SSSR count). The number of rotatable bonds is 6. The van der Waals surface area contributed by atoms with Crippen LogP contribution in [-0.2, 0) is 16.6 Å². The molecule has 30 heavy (non-hydrogen) atoms. The van der Waals surface area contributed by atoms with E-state index in [1.807, 2.05) is 29.6 Å². The summed E-state index contributed by atoms with van der Waals surface area (Å²) in [5.74, 6) is 1.14. The van der Waals surface area contributed by atoms with Gasteiger partial charge in [-0.1, -0.05) is 17.3 Å². The summed E-state index contributed by atoms with van der Waals surface area (Å²) in [5, 5.41) is 6.83. The summed E-state index contributed by atoms with van der Waals surface area (Å²) in [6.07, 6.45) is 0. The van der Waals surface area contributed by atoms with Gasteiger partial charge in [-0.3, -0.25) is 4.90 Å². The number of nitrogens with zero attached hydrogens (tertiary/aromatic N) is 4. The van der Waals surface area contributed by atoms with Crippen LogP contribution in [0.4, 0.5) is 0 Å². The number of hydrogen-bond donors (Lipinski definition) is 0. The van der Waals surface area contributed by atoms with Crippen molar-refractivity contribution in [3.63, 3.8) is 0 Å². The summed E-state index contributed by atoms with van der Waals surface area (Å²) in [5.41, 5.74) is 2.35. The number of benzene rings is 1. The number of methoxy groups -OCH3 is 1. The minimum Gasteiger partial charge on any atom is -0.497 e. The zero-order valence-corrected chi connectivity index (χ0v) is 18.8. The van der Waals surface area contributed by atoms with Crippen molar-refractivity contribution in [1.82, 2.24) is 19.3 Å². The topological polar surface area (TPSA) is 88.8 Å². The average molecular weight is 449 g/mol. The SMILES string of the molecule is COc1cccc(-c2csc(CN3CCN(S(=O)(=O)c4c(C)noc4C)CC3)n2)c1. The van der Waals surface area contributed by atoms with Crippen LogP contribution in [0.2, 0.25) is 0 Å². The summed E-state index contributed by atoms with van der Waals surface area (Å²) < 4.78 is 37.8. The average Bonchev–Trinajstić information content (AvgIpc) is 3.35. The summed E-state index contributed by atoms with van der Waals surface area (Å²) in [7, 11) is -1.94. The van der Waals surface area contributed by atoms with Crippen LogP contribution >= 0.6 is 11.3 Å². The maximum Gasteiger partial charge on any atom is 0.248 e. The number of ether oxygens (including phenoxy) is 1. The molecule has 10 heteroatoms. The third kappa shape index (κ3) is 4.13. The highest BCUT2D eigenvalue weighted by molar-refractivity contribution is 7.89. The second-order valence-electron chi connectivity index (χ2n) is 7.19. The van der Waals surface area contributed by atoms with Gasteiger partial charge in [-0.05, 0) is 26.0 Å². The van der Waals surface area contributed by atoms with Crippen molar-refractivity contribution < 1.29 is 17.7 Å². The first-order valence-electron chi connectivity index (χ1n) is 9.62. The largest absolute Gasteiger partial charge is 0.497 e. The lowest BCUT2D eigenvalue weighted by molar-refractivity contribution is 0.181. The molecule has 1 aliphatic rings. The molecule has 1 aromatic carbocycles. The Morgan fingerprint density at radius 1 is 1.20 bits per heavy atom. The second-order valence-corrected chi connectivity index (χ2v) is 10.0. The lowest BCUT2D eigenvalue weighted by Gasteiger charge is -2.33. The molecule has 0 unspecified atom stereocenters. The molecule has 0 atom stereocenters. The molecule has 160 valence electrons. The maximum atomic E-state index is 13.0. The van der Waals surface area contributed by atoms with E-state index in [0.29, 0.717) is 44.2 Å². The van der Waals surface area contributed by atoms with Crippen LogP contribution in [0, 0.1) is 13.8 Å². The molecular formula is C20H24N4O4S2. The van der Waals surface area contributed by atoms with Gasteiger partial charge in [0.05, 0.1) is 19.3 Å². The molecule has 1 aliphatic heterocycles. The van der Waals surface area contributed by atoms with Crippen molar-refractivity contribution >= 4 is 21.4 Å². The Morgan fingerprint density at radius 3 is 2.63 bits per heavy atom. The number of thiazole rings is 1. The number of hydrogen-bond acceptors (Lipinski definition) is 8. The van der Waals surface area contributed by atoms with Gasteiger partial charge in [0.2, 0.25) is 10.0 Å². The molecule has 1 saturated heterocycles. The molecule has 3 aromatic rings. The summed E-state index contributed by atoms with van der Waals surface area (Å²) in [6, 6.07) is 7.84. The molecule has 3 heterocycles. The normalized spacial score (nSPS) is 16.1. The molecule has 0 radical (unpaired) electrons. The number of aryl methyl sites for hydroxylation is 2. The molecule has 0 bridgehead atoms. The van der Waals surface area contributed by atoms with E-state index in [9.17, 15) is 8.42 Å². The van der Waals surface area contributed by atoms with Crippen LogP contribution in [0.3, 0.4) is 0 Å². The molecule has 0 spiro atoms. The van der Waals surface area contributed by atoms with E-state index < -0.39 is 10.0 Å². The van der Waals surface area contributed by atoms with Crippen LogP contribution in [0.5, 0.6) is 5.75 Å². The van der Waals surface area contributed by atoms with Gasteiger partial charge < -0.3 is 9.26 Å². The lowest BCUT2D eigenvalue weighted by Crippen LogP contribution is -2.48. The van der Waals surface area contributed by atoms with Gasteiger partial charge in [-0.15, -0.1) is 11.3 Å². The fourth-order valence-electron chi connectivity index (χ4n) is 3.59. The minimum absolute atomic E-state index is 0.193. The highest BCUT2D eigenvalue weighted by atomic mass is 32.2. The van der Waals surface area contributed by atoms with Crippen LogP contribution in [0.25, 0.3) is 11.3 Å². The predicted molar refractivity (Wildman–Crippen MR) is 114 cm³/mol. The fourth-order valence-corrected chi connectivity index (χ4v) is 6.15. The molecule has 1 fully saturated rings. The Balaban J connectivity index is 1.39. The third-order valence-corrected chi connectivity index (χ3v) is 8.15. The summed E-state index contributed by atoms with van der Waals surface area (Å²) >= 11 is 1.61. The Labute approximate surface area is 180 Å². The van der Waals surface area contributed by atoms with Crippen LogP contribution in [0.15, 0.2) is 39.1 Å². The maximum absolute atomic E-state index is 13.0. The first-order valence-corrected chi connectivity index (χ1v) is 11.9. The number of piperazine rings is 1. The molecule has 0 aliphatic carbocycles. The van der Waals surface area contributed by atoms with Gasteiger partial charge >= 0.3 is 0 Å². The quantitative estimate of drug-likeness (QED) is 0.573. The van der Waals surface area contributed by atoms with E-state index in [1.165, 1.54) is 4.31 Å². The van der Waals surface area contributed by atoms with Crippen molar-refractivity contribution in [3.05, 3.63) is 46.1 Å². The predicted octanol–water partition coefficient (Wildman–Crippen LogP) is 2.93. The summed E-state index contributed by atoms with van der Waals surface area (Å²) in [4.78, 5) is 7.17. The van der Waals surface area contributed by atoms with E-state index in [0.717, 1.165) is 22.0 Å². The Bertz CT molecular complexity index is 1110. The van der Waals surface area contributed by atoms with E-state index in [4.69, 9.17) is 14.2 Å². The van der Waals surface area contributed by atoms with Crippen molar-refractivity contribution in [2.24, 2.45) is 0 Å². The van der Waals surface area contributed by atoms with Crippen molar-refractivity contribution in [2.45, 2.75) is 25.3 Å². The first kappa shape index (κ1) is 21.0. The van der Waals surface area contributed by atoms with Gasteiger partial charge in [0.1, 0.15) is 21.3 Å². The Morgan fingerprint density at radius 2 is 1.97 bits per heavy atom. The van der Waals surface area contributed by atoms with Crippen molar-refractivity contribution in [1.29, 1.82) is 0 Å². The molecule has 0 amide bonds. The van der Waals surface area contributed by atoms with Gasteiger partial charge in [0, 0.05) is 37.1 Å². The van der Waals surface area contributed by atoms with E-state index in [1.54, 1.807) is 32.3 Å². The fraction of sp³-hybridized carbons (Fsp3) is 0.400. The highest BCUT2D eigenvalue weighted by Crippen LogP contribution is 2.27. The third-order valence-electron chi connectivity index (χ3n) is 5.17. The zero-order valence-electron chi connectivity index (χ0n) is 17.2. The van der Waals surface area contributed by atoms with Gasteiger partial charge in [0.15, 0.2) is 5.76 Å². The van der Waals surface area contributed by atoms with Gasteiger partial charge in [-0.2, -0.15) is 4.31 Å². The van der Waals surface area contributed by atoms with E-state index >= 15 is 0 Å². The second kappa shape index (κ2) is 8.46. The molecular weight excluding hydrogens is 424 g/mol. The number of aromatic nitrogens is 2. The highest BCUT2D eigenvalue weighted by Gasteiger charge is 2.33. The molecule has 8 nitrogen and oxygen atoms in total. The standard InChI is InChI=1S/C20H24N4O4S2/c1-14-20(15(2)28-22-14)30(25,26)24-9-7-23(8-10-24)12-19-21-18(13-29-19)16-5-4-6-17(11-16)27-3/h4-6,11,13H,7-10,12H2,1-3H3. The van der Waals surface area contributed by atoms with Crippen molar-refractivity contribution in [3.8, 4) is 17.0 Å². The molecule has 2 aromatic heterocycles. The summed E-state index contributed by atoms with van der Waals surface area (Å²) in [6.45, 7) is 6.15. The zero-order chi connectivity index (χ0) is 21.3. The monoisotopic (exact) mass is 448 g/mol. The lowest BCUT2D eigenvalue weighted by atomic mass is 10.2. The van der Waals surface area contributed by atoms with Crippen molar-refractivity contribution in [2.75, 3.05) is 33.3 Å². The van der Waals surface area contributed by atoms with Crippen LogP contribution in [0.1, 0.15) is 16.5 Å². The van der Waals surface area contributed by atoms with E-state index in [-0.39, 0.29) is 4.90 Å². The van der Waals surface area contributed by atoms with Crippen LogP contribution in [-0.4, -0.2) is 61.1 Å². The Kier molecular flexibility index (Phi) is 5.92. The van der Waals surface area contributed by atoms with Gasteiger partial charge in [0.25, 0.3) is 0 Å². The smallest absolute Gasteiger partial charge is 0.248 e. The molecule has 0 N–H and O–H groups in total.